The first kappa shape index (κ1) is 14.5. The van der Waals surface area contributed by atoms with Crippen LogP contribution in [0.5, 0.6) is 0 Å². The predicted octanol–water partition coefficient (Wildman–Crippen LogP) is 5.05. The largest absolute Gasteiger partial charge is 0.299 e. The number of ketones is 1. The number of Topliss-reactive ketones (excluding diaryl/α,β-unsaturated/α-hetero) is 1. The molecular formula is C16H28O. The standard InChI is InChI=1S/C16H28O/c1-2-3-12-15-13-10-8-6-4-5-7-9-11-14-16(15)17/h2-3,15H,4-14H2,1H3/b3-2+. The first-order valence-corrected chi connectivity index (χ1v) is 7.48. The van der Waals surface area contributed by atoms with Gasteiger partial charge in [0.05, 0.1) is 0 Å². The summed E-state index contributed by atoms with van der Waals surface area (Å²) in [6.07, 6.45) is 17.5. The minimum Gasteiger partial charge on any atom is -0.299 e. The van der Waals surface area contributed by atoms with E-state index in [1.165, 1.54) is 44.9 Å². The van der Waals surface area contributed by atoms with Crippen LogP contribution in [-0.4, -0.2) is 5.78 Å². The fourth-order valence-electron chi connectivity index (χ4n) is 2.67. The maximum atomic E-state index is 12.1. The van der Waals surface area contributed by atoms with E-state index in [4.69, 9.17) is 0 Å². The molecule has 0 aromatic carbocycles. The first-order valence-electron chi connectivity index (χ1n) is 7.48. The van der Waals surface area contributed by atoms with Crippen molar-refractivity contribution in [3.63, 3.8) is 0 Å². The van der Waals surface area contributed by atoms with E-state index in [0.717, 1.165) is 25.7 Å². The number of hydrogen-bond acceptors (Lipinski definition) is 1. The van der Waals surface area contributed by atoms with Crippen LogP contribution in [0.2, 0.25) is 0 Å². The number of allylic oxidation sites excluding steroid dienone is 2. The third-order valence-corrected chi connectivity index (χ3v) is 3.84. The Balaban J connectivity index is 2.42. The van der Waals surface area contributed by atoms with E-state index in [9.17, 15) is 4.79 Å². The van der Waals surface area contributed by atoms with Gasteiger partial charge < -0.3 is 0 Å². The van der Waals surface area contributed by atoms with Crippen LogP contribution in [0.1, 0.15) is 77.6 Å². The number of carbonyl (C=O) groups excluding carboxylic acids is 1. The van der Waals surface area contributed by atoms with E-state index in [1.54, 1.807) is 0 Å². The summed E-state index contributed by atoms with van der Waals surface area (Å²) in [4.78, 5) is 12.1. The van der Waals surface area contributed by atoms with Crippen molar-refractivity contribution in [2.45, 2.75) is 77.6 Å². The summed E-state index contributed by atoms with van der Waals surface area (Å²) in [5.41, 5.74) is 0. The zero-order valence-electron chi connectivity index (χ0n) is 11.4. The molecule has 1 heteroatoms. The van der Waals surface area contributed by atoms with Gasteiger partial charge in [-0.3, -0.25) is 4.79 Å². The summed E-state index contributed by atoms with van der Waals surface area (Å²) < 4.78 is 0. The zero-order valence-corrected chi connectivity index (χ0v) is 11.4. The summed E-state index contributed by atoms with van der Waals surface area (Å²) in [5, 5.41) is 0. The second-order valence-electron chi connectivity index (χ2n) is 5.34. The number of hydrogen-bond donors (Lipinski definition) is 0. The fourth-order valence-corrected chi connectivity index (χ4v) is 2.67. The van der Waals surface area contributed by atoms with Crippen LogP contribution in [-0.2, 0) is 4.79 Å². The highest BCUT2D eigenvalue weighted by molar-refractivity contribution is 5.81. The van der Waals surface area contributed by atoms with Crippen LogP contribution in [0.25, 0.3) is 0 Å². The molecule has 1 aliphatic carbocycles. The van der Waals surface area contributed by atoms with Gasteiger partial charge in [-0.05, 0) is 26.2 Å². The second kappa shape index (κ2) is 9.44. The topological polar surface area (TPSA) is 17.1 Å². The molecule has 0 aliphatic heterocycles. The molecule has 0 N–H and O–H groups in total. The van der Waals surface area contributed by atoms with Crippen molar-refractivity contribution >= 4 is 5.78 Å². The van der Waals surface area contributed by atoms with Gasteiger partial charge >= 0.3 is 0 Å². The Labute approximate surface area is 107 Å². The van der Waals surface area contributed by atoms with Gasteiger partial charge in [0.2, 0.25) is 0 Å². The van der Waals surface area contributed by atoms with Crippen molar-refractivity contribution in [3.05, 3.63) is 12.2 Å². The molecule has 1 nitrogen and oxygen atoms in total. The van der Waals surface area contributed by atoms with Gasteiger partial charge in [-0.2, -0.15) is 0 Å². The summed E-state index contributed by atoms with van der Waals surface area (Å²) >= 11 is 0. The smallest absolute Gasteiger partial charge is 0.136 e. The van der Waals surface area contributed by atoms with Gasteiger partial charge in [-0.1, -0.05) is 57.1 Å². The molecule has 98 valence electrons. The number of rotatable bonds is 2. The van der Waals surface area contributed by atoms with Gasteiger partial charge in [0.25, 0.3) is 0 Å². The van der Waals surface area contributed by atoms with Gasteiger partial charge in [-0.25, -0.2) is 0 Å². The molecule has 0 heterocycles. The van der Waals surface area contributed by atoms with E-state index in [-0.39, 0.29) is 0 Å². The van der Waals surface area contributed by atoms with Crippen molar-refractivity contribution in [1.82, 2.24) is 0 Å². The van der Waals surface area contributed by atoms with Crippen LogP contribution in [0, 0.1) is 5.92 Å². The van der Waals surface area contributed by atoms with Crippen molar-refractivity contribution < 1.29 is 4.79 Å². The Bertz CT molecular complexity index is 230. The highest BCUT2D eigenvalue weighted by Gasteiger charge is 2.16. The molecular weight excluding hydrogens is 208 g/mol. The minimum absolute atomic E-state index is 0.311. The first-order chi connectivity index (χ1) is 8.34. The van der Waals surface area contributed by atoms with E-state index < -0.39 is 0 Å². The quantitative estimate of drug-likeness (QED) is 0.613. The highest BCUT2D eigenvalue weighted by Crippen LogP contribution is 2.21. The molecule has 0 radical (unpaired) electrons. The Morgan fingerprint density at radius 3 is 2.24 bits per heavy atom. The summed E-state index contributed by atoms with van der Waals surface area (Å²) in [5.74, 6) is 0.828. The molecule has 1 unspecified atom stereocenters. The monoisotopic (exact) mass is 236 g/mol. The normalized spacial score (nSPS) is 25.5. The Hall–Kier alpha value is -0.590. The average Bonchev–Trinajstić information content (AvgIpc) is 2.33. The Morgan fingerprint density at radius 2 is 1.59 bits per heavy atom. The molecule has 0 spiro atoms. The molecule has 1 atom stereocenters. The van der Waals surface area contributed by atoms with E-state index in [1.807, 2.05) is 6.92 Å². The van der Waals surface area contributed by atoms with Gasteiger partial charge in [-0.15, -0.1) is 0 Å². The Morgan fingerprint density at radius 1 is 1.00 bits per heavy atom. The summed E-state index contributed by atoms with van der Waals surface area (Å²) in [6.45, 7) is 2.04. The van der Waals surface area contributed by atoms with Gasteiger partial charge in [0, 0.05) is 12.3 Å². The predicted molar refractivity (Wildman–Crippen MR) is 74.1 cm³/mol. The SMILES string of the molecule is C/C=C/CC1CCCCCCCCCCC1=O. The Kier molecular flexibility index (Phi) is 8.04. The van der Waals surface area contributed by atoms with Crippen LogP contribution in [0.4, 0.5) is 0 Å². The molecule has 17 heavy (non-hydrogen) atoms. The zero-order chi connectivity index (χ0) is 12.3. The second-order valence-corrected chi connectivity index (χ2v) is 5.34. The number of carbonyl (C=O) groups is 1. The molecule has 1 aliphatic rings. The van der Waals surface area contributed by atoms with Crippen molar-refractivity contribution in [2.75, 3.05) is 0 Å². The molecule has 1 rings (SSSR count). The van der Waals surface area contributed by atoms with Crippen molar-refractivity contribution in [1.29, 1.82) is 0 Å². The third-order valence-electron chi connectivity index (χ3n) is 3.84. The van der Waals surface area contributed by atoms with E-state index >= 15 is 0 Å². The third kappa shape index (κ3) is 6.65. The molecule has 0 amide bonds. The van der Waals surface area contributed by atoms with Crippen LogP contribution in [0.15, 0.2) is 12.2 Å². The lowest BCUT2D eigenvalue weighted by molar-refractivity contribution is -0.123. The lowest BCUT2D eigenvalue weighted by atomic mass is 9.89. The minimum atomic E-state index is 0.311. The van der Waals surface area contributed by atoms with Crippen molar-refractivity contribution in [3.8, 4) is 0 Å². The lowest BCUT2D eigenvalue weighted by Crippen LogP contribution is -2.14. The highest BCUT2D eigenvalue weighted by atomic mass is 16.1. The fraction of sp³-hybridized carbons (Fsp3) is 0.812. The molecule has 0 aromatic heterocycles. The van der Waals surface area contributed by atoms with E-state index in [2.05, 4.69) is 12.2 Å². The molecule has 0 bridgehead atoms. The van der Waals surface area contributed by atoms with Crippen molar-refractivity contribution in [2.24, 2.45) is 5.92 Å². The van der Waals surface area contributed by atoms with Crippen LogP contribution in [0.3, 0.4) is 0 Å². The van der Waals surface area contributed by atoms with Crippen LogP contribution >= 0.6 is 0 Å². The molecule has 1 fully saturated rings. The molecule has 0 saturated heterocycles. The summed E-state index contributed by atoms with van der Waals surface area (Å²) in [6, 6.07) is 0. The summed E-state index contributed by atoms with van der Waals surface area (Å²) in [7, 11) is 0. The van der Waals surface area contributed by atoms with E-state index in [0.29, 0.717) is 11.7 Å². The average molecular weight is 236 g/mol. The maximum absolute atomic E-state index is 12.1. The lowest BCUT2D eigenvalue weighted by Gasteiger charge is -2.15. The van der Waals surface area contributed by atoms with Gasteiger partial charge in [0.1, 0.15) is 5.78 Å². The van der Waals surface area contributed by atoms with Crippen LogP contribution < -0.4 is 0 Å². The van der Waals surface area contributed by atoms with Gasteiger partial charge in [0.15, 0.2) is 0 Å². The molecule has 1 saturated carbocycles. The maximum Gasteiger partial charge on any atom is 0.136 e. The molecule has 0 aromatic rings.